The lowest BCUT2D eigenvalue weighted by Gasteiger charge is -2.09. The van der Waals surface area contributed by atoms with Crippen molar-refractivity contribution in [2.75, 3.05) is 6.54 Å². The zero-order valence-corrected chi connectivity index (χ0v) is 14.8. The van der Waals surface area contributed by atoms with Crippen molar-refractivity contribution < 1.29 is 4.79 Å². The van der Waals surface area contributed by atoms with Crippen molar-refractivity contribution in [1.29, 1.82) is 0 Å². The first-order valence-electron chi connectivity index (χ1n) is 8.14. The van der Waals surface area contributed by atoms with Gasteiger partial charge in [-0.1, -0.05) is 42.1 Å². The van der Waals surface area contributed by atoms with Crippen molar-refractivity contribution in [3.63, 3.8) is 0 Å². The van der Waals surface area contributed by atoms with Gasteiger partial charge in [0.2, 0.25) is 0 Å². The molecular weight excluding hydrogens is 336 g/mol. The van der Waals surface area contributed by atoms with Gasteiger partial charge in [-0.05, 0) is 42.5 Å². The molecule has 4 rings (SSSR count). The van der Waals surface area contributed by atoms with Crippen molar-refractivity contribution in [2.45, 2.75) is 22.9 Å². The van der Waals surface area contributed by atoms with Crippen LogP contribution < -0.4 is 5.32 Å². The molecule has 1 fully saturated rings. The molecule has 122 valence electrons. The second kappa shape index (κ2) is 6.95. The van der Waals surface area contributed by atoms with Gasteiger partial charge in [-0.15, -0.1) is 11.3 Å². The molecule has 1 aliphatic carbocycles. The normalized spacial score (nSPS) is 14.0. The Kier molecular flexibility index (Phi) is 4.54. The van der Waals surface area contributed by atoms with Gasteiger partial charge < -0.3 is 5.32 Å². The molecule has 1 amide bonds. The van der Waals surface area contributed by atoms with E-state index in [4.69, 9.17) is 0 Å². The largest absolute Gasteiger partial charge is 0.352 e. The van der Waals surface area contributed by atoms with Crippen LogP contribution in [-0.4, -0.2) is 17.4 Å². The van der Waals surface area contributed by atoms with Crippen LogP contribution in [0.25, 0.3) is 10.2 Å². The number of thiazole rings is 1. The fraction of sp³-hybridized carbons (Fsp3) is 0.263. The highest BCUT2D eigenvalue weighted by Crippen LogP contribution is 2.32. The minimum Gasteiger partial charge on any atom is -0.352 e. The molecule has 0 unspecified atom stereocenters. The Bertz CT molecular complexity index is 837. The van der Waals surface area contributed by atoms with E-state index in [0.29, 0.717) is 5.92 Å². The standard InChI is InChI=1S/C19H18N2OS2/c22-18(20-11-13-9-10-13)15-6-2-1-5-14(15)12-23-19-21-16-7-3-4-8-17(16)24-19/h1-8,13H,9-12H2,(H,20,22). The summed E-state index contributed by atoms with van der Waals surface area (Å²) < 4.78 is 2.25. The van der Waals surface area contributed by atoms with E-state index < -0.39 is 0 Å². The van der Waals surface area contributed by atoms with Gasteiger partial charge in [0.25, 0.3) is 5.91 Å². The number of hydrogen-bond donors (Lipinski definition) is 1. The number of para-hydroxylation sites is 1. The minimum atomic E-state index is 0.0439. The Hall–Kier alpha value is -1.85. The second-order valence-electron chi connectivity index (χ2n) is 6.05. The van der Waals surface area contributed by atoms with E-state index in [1.54, 1.807) is 23.1 Å². The van der Waals surface area contributed by atoms with E-state index in [0.717, 1.165) is 33.3 Å². The molecule has 1 saturated carbocycles. The first kappa shape index (κ1) is 15.7. The molecule has 1 N–H and O–H groups in total. The van der Waals surface area contributed by atoms with Gasteiger partial charge >= 0.3 is 0 Å². The van der Waals surface area contributed by atoms with Gasteiger partial charge in [0.05, 0.1) is 10.2 Å². The molecule has 3 aromatic rings. The zero-order valence-electron chi connectivity index (χ0n) is 13.2. The summed E-state index contributed by atoms with van der Waals surface area (Å²) in [4.78, 5) is 17.1. The number of rotatable bonds is 6. The van der Waals surface area contributed by atoms with Crippen LogP contribution in [0.3, 0.4) is 0 Å². The first-order chi connectivity index (χ1) is 11.8. The molecule has 0 bridgehead atoms. The third kappa shape index (κ3) is 3.62. The summed E-state index contributed by atoms with van der Waals surface area (Å²) in [5.74, 6) is 1.49. The molecular formula is C19H18N2OS2. The predicted molar refractivity (Wildman–Crippen MR) is 101 cm³/mol. The number of aromatic nitrogens is 1. The Morgan fingerprint density at radius 2 is 1.96 bits per heavy atom. The highest BCUT2D eigenvalue weighted by molar-refractivity contribution is 8.00. The quantitative estimate of drug-likeness (QED) is 0.651. The van der Waals surface area contributed by atoms with Crippen LogP contribution in [0.4, 0.5) is 0 Å². The van der Waals surface area contributed by atoms with Gasteiger partial charge in [0.1, 0.15) is 0 Å². The van der Waals surface area contributed by atoms with Gasteiger partial charge in [0, 0.05) is 17.9 Å². The molecule has 0 aliphatic heterocycles. The fourth-order valence-electron chi connectivity index (χ4n) is 2.57. The number of carbonyl (C=O) groups excluding carboxylic acids is 1. The summed E-state index contributed by atoms with van der Waals surface area (Å²) in [6.45, 7) is 0.804. The molecule has 2 aromatic carbocycles. The Morgan fingerprint density at radius 1 is 1.17 bits per heavy atom. The minimum absolute atomic E-state index is 0.0439. The maximum atomic E-state index is 12.4. The van der Waals surface area contributed by atoms with Crippen LogP contribution in [0.5, 0.6) is 0 Å². The predicted octanol–water partition coefficient (Wildman–Crippen LogP) is 4.73. The summed E-state index contributed by atoms with van der Waals surface area (Å²) in [6.07, 6.45) is 2.49. The van der Waals surface area contributed by atoms with Crippen LogP contribution >= 0.6 is 23.1 Å². The fourth-order valence-corrected chi connectivity index (χ4v) is 4.65. The second-order valence-corrected chi connectivity index (χ2v) is 8.30. The van der Waals surface area contributed by atoms with E-state index in [1.165, 1.54) is 17.5 Å². The summed E-state index contributed by atoms with van der Waals surface area (Å²) in [5, 5.41) is 3.06. The molecule has 1 aromatic heterocycles. The Morgan fingerprint density at radius 3 is 2.79 bits per heavy atom. The van der Waals surface area contributed by atoms with Crippen molar-refractivity contribution in [1.82, 2.24) is 10.3 Å². The molecule has 3 nitrogen and oxygen atoms in total. The average molecular weight is 355 g/mol. The van der Waals surface area contributed by atoms with Crippen LogP contribution in [0, 0.1) is 5.92 Å². The van der Waals surface area contributed by atoms with Crippen LogP contribution in [0.1, 0.15) is 28.8 Å². The summed E-state index contributed by atoms with van der Waals surface area (Å²) in [7, 11) is 0. The molecule has 0 radical (unpaired) electrons. The smallest absolute Gasteiger partial charge is 0.251 e. The van der Waals surface area contributed by atoms with Crippen molar-refractivity contribution in [3.8, 4) is 0 Å². The number of thioether (sulfide) groups is 1. The Balaban J connectivity index is 1.46. The first-order valence-corrected chi connectivity index (χ1v) is 9.94. The number of nitrogens with one attached hydrogen (secondary N) is 1. The monoisotopic (exact) mass is 354 g/mol. The molecule has 1 heterocycles. The maximum absolute atomic E-state index is 12.4. The van der Waals surface area contributed by atoms with Crippen molar-refractivity contribution in [2.24, 2.45) is 5.92 Å². The summed E-state index contributed by atoms with van der Waals surface area (Å²) >= 11 is 3.40. The Labute approximate surface area is 149 Å². The summed E-state index contributed by atoms with van der Waals surface area (Å²) in [5.41, 5.74) is 2.89. The zero-order chi connectivity index (χ0) is 16.4. The van der Waals surface area contributed by atoms with E-state index in [1.807, 2.05) is 42.5 Å². The molecule has 5 heteroatoms. The highest BCUT2D eigenvalue weighted by atomic mass is 32.2. The van der Waals surface area contributed by atoms with E-state index in [-0.39, 0.29) is 5.91 Å². The van der Waals surface area contributed by atoms with E-state index in [2.05, 4.69) is 16.4 Å². The molecule has 0 saturated heterocycles. The lowest BCUT2D eigenvalue weighted by molar-refractivity contribution is 0.0951. The van der Waals surface area contributed by atoms with Gasteiger partial charge in [0.15, 0.2) is 4.34 Å². The van der Waals surface area contributed by atoms with Crippen LogP contribution in [0.15, 0.2) is 52.9 Å². The van der Waals surface area contributed by atoms with Crippen LogP contribution in [-0.2, 0) is 5.75 Å². The number of hydrogen-bond acceptors (Lipinski definition) is 4. The third-order valence-electron chi connectivity index (χ3n) is 4.14. The molecule has 0 atom stereocenters. The average Bonchev–Trinajstić information content (AvgIpc) is 3.35. The number of benzene rings is 2. The van der Waals surface area contributed by atoms with E-state index >= 15 is 0 Å². The number of nitrogens with zero attached hydrogens (tertiary/aromatic N) is 1. The molecule has 24 heavy (non-hydrogen) atoms. The summed E-state index contributed by atoms with van der Waals surface area (Å²) in [6, 6.07) is 16.0. The lowest BCUT2D eigenvalue weighted by Crippen LogP contribution is -2.26. The van der Waals surface area contributed by atoms with Crippen LogP contribution in [0.2, 0.25) is 0 Å². The van der Waals surface area contributed by atoms with Crippen molar-refractivity contribution in [3.05, 3.63) is 59.7 Å². The topological polar surface area (TPSA) is 42.0 Å². The lowest BCUT2D eigenvalue weighted by atomic mass is 10.1. The van der Waals surface area contributed by atoms with Gasteiger partial charge in [-0.2, -0.15) is 0 Å². The van der Waals surface area contributed by atoms with E-state index in [9.17, 15) is 4.79 Å². The molecule has 0 spiro atoms. The number of carbonyl (C=O) groups is 1. The van der Waals surface area contributed by atoms with Crippen molar-refractivity contribution >= 4 is 39.2 Å². The SMILES string of the molecule is O=C(NCC1CC1)c1ccccc1CSc1nc2ccccc2s1. The maximum Gasteiger partial charge on any atom is 0.251 e. The number of amides is 1. The highest BCUT2D eigenvalue weighted by Gasteiger charge is 2.22. The van der Waals surface area contributed by atoms with Gasteiger partial charge in [-0.3, -0.25) is 4.79 Å². The third-order valence-corrected chi connectivity index (χ3v) is 6.36. The number of fused-ring (bicyclic) bond motifs is 1. The van der Waals surface area contributed by atoms with Gasteiger partial charge in [-0.25, -0.2) is 4.98 Å². The molecule has 1 aliphatic rings.